The van der Waals surface area contributed by atoms with Gasteiger partial charge in [0, 0.05) is 29.2 Å². The molecule has 1 aromatic heterocycles. The number of benzene rings is 2. The third kappa shape index (κ3) is 2.15. The molecular weight excluding hydrogens is 227 g/mol. The molecule has 88 valence electrons. The minimum Gasteiger partial charge on any atom is -0.356 e. The first-order valence-corrected chi connectivity index (χ1v) is 5.68. The molecule has 0 aliphatic rings. The highest BCUT2D eigenvalue weighted by Gasteiger charge is 1.97. The molecule has 0 spiro atoms. The van der Waals surface area contributed by atoms with Gasteiger partial charge in [-0.2, -0.15) is 0 Å². The van der Waals surface area contributed by atoms with Gasteiger partial charge in [0.05, 0.1) is 0 Å². The molecule has 0 amide bonds. The van der Waals surface area contributed by atoms with Crippen LogP contribution in [0, 0.1) is 5.82 Å². The molecule has 0 atom stereocenters. The molecule has 0 saturated carbocycles. The van der Waals surface area contributed by atoms with Crippen molar-refractivity contribution in [3.05, 3.63) is 66.7 Å². The normalized spacial score (nSPS) is 10.5. The fraction of sp³-hybridized carbons (Fsp3) is 0. The SMILES string of the molecule is Fc1ccc(Nc2ccc3cnccc3c2)cc1. The molecule has 0 saturated heterocycles. The van der Waals surface area contributed by atoms with Crippen LogP contribution in [0.15, 0.2) is 60.9 Å². The molecule has 0 radical (unpaired) electrons. The van der Waals surface area contributed by atoms with Crippen molar-refractivity contribution in [1.82, 2.24) is 4.98 Å². The van der Waals surface area contributed by atoms with Gasteiger partial charge < -0.3 is 5.32 Å². The maximum atomic E-state index is 12.8. The summed E-state index contributed by atoms with van der Waals surface area (Å²) in [6, 6.07) is 14.3. The zero-order valence-electron chi connectivity index (χ0n) is 9.60. The van der Waals surface area contributed by atoms with Crippen molar-refractivity contribution < 1.29 is 4.39 Å². The molecule has 0 unspecified atom stereocenters. The average Bonchev–Trinajstić information content (AvgIpc) is 2.41. The summed E-state index contributed by atoms with van der Waals surface area (Å²) in [6.07, 6.45) is 3.60. The topological polar surface area (TPSA) is 24.9 Å². The Kier molecular flexibility index (Phi) is 2.65. The lowest BCUT2D eigenvalue weighted by Gasteiger charge is -2.07. The quantitative estimate of drug-likeness (QED) is 0.726. The van der Waals surface area contributed by atoms with Gasteiger partial charge in [-0.3, -0.25) is 4.98 Å². The van der Waals surface area contributed by atoms with Crippen molar-refractivity contribution in [3.8, 4) is 0 Å². The number of hydrogen-bond donors (Lipinski definition) is 1. The van der Waals surface area contributed by atoms with E-state index in [9.17, 15) is 4.39 Å². The molecule has 0 aliphatic carbocycles. The Labute approximate surface area is 104 Å². The highest BCUT2D eigenvalue weighted by atomic mass is 19.1. The van der Waals surface area contributed by atoms with Crippen LogP contribution < -0.4 is 5.32 Å². The van der Waals surface area contributed by atoms with E-state index < -0.39 is 0 Å². The van der Waals surface area contributed by atoms with Gasteiger partial charge in [-0.1, -0.05) is 6.07 Å². The van der Waals surface area contributed by atoms with E-state index in [4.69, 9.17) is 0 Å². The summed E-state index contributed by atoms with van der Waals surface area (Å²) in [7, 11) is 0. The first-order valence-electron chi connectivity index (χ1n) is 5.68. The summed E-state index contributed by atoms with van der Waals surface area (Å²) in [5.74, 6) is -0.231. The summed E-state index contributed by atoms with van der Waals surface area (Å²) in [6.45, 7) is 0. The van der Waals surface area contributed by atoms with Crippen LogP contribution in [-0.4, -0.2) is 4.98 Å². The number of hydrogen-bond acceptors (Lipinski definition) is 2. The Bertz CT molecular complexity index is 677. The Hall–Kier alpha value is -2.42. The molecule has 18 heavy (non-hydrogen) atoms. The molecule has 2 aromatic carbocycles. The summed E-state index contributed by atoms with van der Waals surface area (Å²) in [5, 5.41) is 5.46. The number of anilines is 2. The minimum absolute atomic E-state index is 0.231. The maximum absolute atomic E-state index is 12.8. The van der Waals surface area contributed by atoms with Crippen LogP contribution in [0.5, 0.6) is 0 Å². The van der Waals surface area contributed by atoms with E-state index >= 15 is 0 Å². The van der Waals surface area contributed by atoms with Crippen LogP contribution in [0.25, 0.3) is 10.8 Å². The van der Waals surface area contributed by atoms with E-state index in [1.165, 1.54) is 12.1 Å². The lowest BCUT2D eigenvalue weighted by atomic mass is 10.1. The Morgan fingerprint density at radius 2 is 1.61 bits per heavy atom. The van der Waals surface area contributed by atoms with Crippen LogP contribution in [-0.2, 0) is 0 Å². The average molecular weight is 238 g/mol. The van der Waals surface area contributed by atoms with Crippen LogP contribution in [0.1, 0.15) is 0 Å². The Morgan fingerprint density at radius 3 is 2.44 bits per heavy atom. The van der Waals surface area contributed by atoms with E-state index in [1.54, 1.807) is 18.3 Å². The largest absolute Gasteiger partial charge is 0.356 e. The fourth-order valence-corrected chi connectivity index (χ4v) is 1.86. The zero-order valence-corrected chi connectivity index (χ0v) is 9.60. The van der Waals surface area contributed by atoms with Crippen molar-refractivity contribution in [2.45, 2.75) is 0 Å². The summed E-state index contributed by atoms with van der Waals surface area (Å²) < 4.78 is 12.8. The van der Waals surface area contributed by atoms with Gasteiger partial charge in [0.2, 0.25) is 0 Å². The Balaban J connectivity index is 1.92. The first-order chi connectivity index (χ1) is 8.81. The van der Waals surface area contributed by atoms with Crippen molar-refractivity contribution in [1.29, 1.82) is 0 Å². The zero-order chi connectivity index (χ0) is 12.4. The highest BCUT2D eigenvalue weighted by molar-refractivity contribution is 5.85. The second-order valence-electron chi connectivity index (χ2n) is 4.07. The summed E-state index contributed by atoms with van der Waals surface area (Å²) >= 11 is 0. The van der Waals surface area contributed by atoms with Crippen molar-refractivity contribution in [2.24, 2.45) is 0 Å². The Morgan fingerprint density at radius 1 is 0.833 bits per heavy atom. The summed E-state index contributed by atoms with van der Waals surface area (Å²) in [4.78, 5) is 4.07. The highest BCUT2D eigenvalue weighted by Crippen LogP contribution is 2.21. The predicted octanol–water partition coefficient (Wildman–Crippen LogP) is 4.12. The van der Waals surface area contributed by atoms with Crippen LogP contribution in [0.3, 0.4) is 0 Å². The summed E-state index contributed by atoms with van der Waals surface area (Å²) in [5.41, 5.74) is 1.84. The van der Waals surface area contributed by atoms with Crippen LogP contribution in [0.2, 0.25) is 0 Å². The number of halogens is 1. The number of pyridine rings is 1. The second kappa shape index (κ2) is 4.45. The van der Waals surface area contributed by atoms with E-state index in [1.807, 2.05) is 30.5 Å². The molecule has 0 fully saturated rings. The van der Waals surface area contributed by atoms with E-state index in [2.05, 4.69) is 10.3 Å². The molecular formula is C15H11FN2. The molecule has 3 aromatic rings. The second-order valence-corrected chi connectivity index (χ2v) is 4.07. The molecule has 2 nitrogen and oxygen atoms in total. The predicted molar refractivity (Wildman–Crippen MR) is 71.4 cm³/mol. The fourth-order valence-electron chi connectivity index (χ4n) is 1.86. The van der Waals surface area contributed by atoms with Gasteiger partial charge in [0.15, 0.2) is 0 Å². The van der Waals surface area contributed by atoms with E-state index in [0.717, 1.165) is 22.1 Å². The standard InChI is InChI=1S/C15H11FN2/c16-13-2-5-14(6-3-13)18-15-4-1-12-10-17-8-7-11(12)9-15/h1-10,18H. The minimum atomic E-state index is -0.231. The maximum Gasteiger partial charge on any atom is 0.123 e. The third-order valence-corrected chi connectivity index (χ3v) is 2.77. The van der Waals surface area contributed by atoms with Gasteiger partial charge >= 0.3 is 0 Å². The number of aromatic nitrogens is 1. The monoisotopic (exact) mass is 238 g/mol. The first kappa shape index (κ1) is 10.7. The number of nitrogens with zero attached hydrogens (tertiary/aromatic N) is 1. The molecule has 1 N–H and O–H groups in total. The van der Waals surface area contributed by atoms with Gasteiger partial charge in [-0.25, -0.2) is 4.39 Å². The van der Waals surface area contributed by atoms with Crippen molar-refractivity contribution >= 4 is 22.1 Å². The van der Waals surface area contributed by atoms with Crippen LogP contribution >= 0.6 is 0 Å². The molecule has 3 rings (SSSR count). The number of nitrogens with one attached hydrogen (secondary N) is 1. The van der Waals surface area contributed by atoms with Gasteiger partial charge in [0.1, 0.15) is 5.82 Å². The van der Waals surface area contributed by atoms with Crippen LogP contribution in [0.4, 0.5) is 15.8 Å². The van der Waals surface area contributed by atoms with Crippen molar-refractivity contribution in [2.75, 3.05) is 5.32 Å². The van der Waals surface area contributed by atoms with Gasteiger partial charge in [0.25, 0.3) is 0 Å². The van der Waals surface area contributed by atoms with Gasteiger partial charge in [-0.05, 0) is 47.9 Å². The smallest absolute Gasteiger partial charge is 0.123 e. The van der Waals surface area contributed by atoms with E-state index in [0.29, 0.717) is 0 Å². The van der Waals surface area contributed by atoms with Crippen molar-refractivity contribution in [3.63, 3.8) is 0 Å². The molecule has 0 bridgehead atoms. The molecule has 3 heteroatoms. The lowest BCUT2D eigenvalue weighted by molar-refractivity contribution is 0.628. The number of fused-ring (bicyclic) bond motifs is 1. The number of rotatable bonds is 2. The third-order valence-electron chi connectivity index (χ3n) is 2.77. The lowest BCUT2D eigenvalue weighted by Crippen LogP contribution is -1.90. The van der Waals surface area contributed by atoms with Gasteiger partial charge in [-0.15, -0.1) is 0 Å². The van der Waals surface area contributed by atoms with E-state index in [-0.39, 0.29) is 5.82 Å². The molecule has 1 heterocycles. The molecule has 0 aliphatic heterocycles.